The smallest absolute Gasteiger partial charge is 0.403 e. The van der Waals surface area contributed by atoms with Crippen LogP contribution in [0.5, 0.6) is 5.75 Å². The van der Waals surface area contributed by atoms with E-state index in [0.717, 1.165) is 64.0 Å². The van der Waals surface area contributed by atoms with E-state index in [0.29, 0.717) is 23.7 Å². The predicted molar refractivity (Wildman–Crippen MR) is 211 cm³/mol. The average Bonchev–Trinajstić information content (AvgIpc) is 4.00. The second kappa shape index (κ2) is 14.1. The molecule has 0 N–H and O–H groups in total. The van der Waals surface area contributed by atoms with Crippen molar-refractivity contribution in [2.24, 2.45) is 81.3 Å². The third-order valence-electron chi connectivity index (χ3n) is 16.2. The van der Waals surface area contributed by atoms with Gasteiger partial charge < -0.3 is 14.2 Å². The van der Waals surface area contributed by atoms with Crippen LogP contribution < -0.4 is 4.74 Å². The van der Waals surface area contributed by atoms with Gasteiger partial charge in [0.2, 0.25) is 0 Å². The van der Waals surface area contributed by atoms with Gasteiger partial charge in [-0.05, 0) is 191 Å². The second-order valence-corrected chi connectivity index (χ2v) is 21.1. The summed E-state index contributed by atoms with van der Waals surface area (Å²) < 4.78 is 97.4. The molecule has 6 aliphatic carbocycles. The van der Waals surface area contributed by atoms with Gasteiger partial charge in [0.25, 0.3) is 0 Å². The fourth-order valence-electron chi connectivity index (χ4n) is 14.4. The topological polar surface area (TPSA) is 78.9 Å². The van der Waals surface area contributed by atoms with Gasteiger partial charge in [-0.25, -0.2) is 0 Å². The minimum atomic E-state index is -5.69. The van der Waals surface area contributed by atoms with Crippen LogP contribution in [0.2, 0.25) is 0 Å². The Morgan fingerprint density at radius 1 is 0.600 bits per heavy atom. The zero-order valence-electron chi connectivity index (χ0n) is 34.7. The molecule has 3 aromatic carbocycles. The molecule has 6 bridgehead atoms. The average molecular weight is 841 g/mol. The van der Waals surface area contributed by atoms with Gasteiger partial charge in [0, 0.05) is 0 Å². The third kappa shape index (κ3) is 6.98. The molecule has 0 heterocycles. The molecule has 0 radical (unpaired) electrons. The van der Waals surface area contributed by atoms with Gasteiger partial charge in [0.15, 0.2) is 5.92 Å². The van der Waals surface area contributed by atoms with E-state index in [1.54, 1.807) is 32.9 Å². The van der Waals surface area contributed by atoms with Crippen molar-refractivity contribution >= 4 is 39.5 Å². The van der Waals surface area contributed by atoms with Crippen LogP contribution >= 0.6 is 0 Å². The third-order valence-corrected chi connectivity index (χ3v) is 16.2. The number of esters is 3. The van der Waals surface area contributed by atoms with Crippen molar-refractivity contribution in [1.82, 2.24) is 0 Å². The Morgan fingerprint density at radius 2 is 1.15 bits per heavy atom. The number of rotatable bonds is 11. The maximum absolute atomic E-state index is 14.8. The van der Waals surface area contributed by atoms with Gasteiger partial charge in [-0.15, -0.1) is 0 Å². The summed E-state index contributed by atoms with van der Waals surface area (Å²) in [7, 11) is 0. The van der Waals surface area contributed by atoms with E-state index >= 15 is 0 Å². The molecule has 12 unspecified atom stereocenters. The summed E-state index contributed by atoms with van der Waals surface area (Å²) >= 11 is 0. The van der Waals surface area contributed by atoms with E-state index in [1.165, 1.54) is 39.5 Å². The Kier molecular flexibility index (Phi) is 9.75. The van der Waals surface area contributed by atoms with E-state index in [2.05, 4.69) is 0 Å². The van der Waals surface area contributed by atoms with Crippen LogP contribution in [0, 0.1) is 81.3 Å². The standard InChI is InChI=1S/C48H54F6O6/c1-44(2,41(55)58-21-36(47(49,50)51)48(52,53)54)22-46(5,23-45(3,4)42(56)59-31-13-12-26-14-24-8-6-7-9-25(24)15-29(26)17-31)43(57)60-35-19-30-18-32(35)40-34-20-33(39(30)40)37-27-10-11-28(16-27)38(34)37/h6-9,12-15,17,27-28,30,32-40H,10-11,16,18-23H2,1-5H3. The summed E-state index contributed by atoms with van der Waals surface area (Å²) in [6.45, 7) is 5.48. The maximum Gasteiger partial charge on any atom is 0.403 e. The van der Waals surface area contributed by atoms with Crippen LogP contribution in [0.1, 0.15) is 86.0 Å². The second-order valence-electron chi connectivity index (χ2n) is 21.1. The molecule has 6 nitrogen and oxygen atoms in total. The van der Waals surface area contributed by atoms with Gasteiger partial charge in [-0.1, -0.05) is 30.3 Å². The van der Waals surface area contributed by atoms with Crippen LogP contribution in [0.25, 0.3) is 21.5 Å². The Morgan fingerprint density at radius 3 is 1.77 bits per heavy atom. The van der Waals surface area contributed by atoms with Crippen LogP contribution in [0.3, 0.4) is 0 Å². The molecule has 6 aliphatic rings. The molecule has 0 aliphatic heterocycles. The highest BCUT2D eigenvalue weighted by Gasteiger charge is 2.72. The molecular formula is C48H54F6O6. The molecule has 0 saturated heterocycles. The van der Waals surface area contributed by atoms with Crippen molar-refractivity contribution in [2.45, 2.75) is 104 Å². The molecule has 3 aromatic rings. The first-order valence-electron chi connectivity index (χ1n) is 21.7. The number of benzene rings is 3. The summed E-state index contributed by atoms with van der Waals surface area (Å²) in [5, 5.41) is 3.87. The Labute approximate surface area is 346 Å². The largest absolute Gasteiger partial charge is 0.464 e. The lowest BCUT2D eigenvalue weighted by molar-refractivity contribution is -0.293. The molecule has 6 saturated carbocycles. The monoisotopic (exact) mass is 840 g/mol. The van der Waals surface area contributed by atoms with Crippen molar-refractivity contribution in [1.29, 1.82) is 0 Å². The predicted octanol–water partition coefficient (Wildman–Crippen LogP) is 11.5. The Bertz CT molecular complexity index is 2200. The van der Waals surface area contributed by atoms with Crippen molar-refractivity contribution in [3.63, 3.8) is 0 Å². The van der Waals surface area contributed by atoms with Crippen molar-refractivity contribution in [3.05, 3.63) is 54.6 Å². The zero-order chi connectivity index (χ0) is 42.9. The van der Waals surface area contributed by atoms with Gasteiger partial charge >= 0.3 is 30.3 Å². The summed E-state index contributed by atoms with van der Waals surface area (Å²) in [6.07, 6.45) is -5.25. The highest BCUT2D eigenvalue weighted by molar-refractivity contribution is 5.99. The number of carbonyl (C=O) groups is 3. The van der Waals surface area contributed by atoms with Crippen LogP contribution in [-0.4, -0.2) is 43.0 Å². The number of fused-ring (bicyclic) bond motifs is 18. The Hall–Kier alpha value is -3.83. The highest BCUT2D eigenvalue weighted by atomic mass is 19.4. The van der Waals surface area contributed by atoms with E-state index < -0.39 is 59.0 Å². The minimum Gasteiger partial charge on any atom is -0.464 e. The molecule has 0 aromatic heterocycles. The molecular weight excluding hydrogens is 787 g/mol. The van der Waals surface area contributed by atoms with E-state index in [1.807, 2.05) is 42.5 Å². The minimum absolute atomic E-state index is 0.190. The van der Waals surface area contributed by atoms with Crippen LogP contribution in [0.4, 0.5) is 26.3 Å². The summed E-state index contributed by atoms with van der Waals surface area (Å²) in [6, 6.07) is 17.2. The highest BCUT2D eigenvalue weighted by Crippen LogP contribution is 2.76. The van der Waals surface area contributed by atoms with Crippen molar-refractivity contribution in [3.8, 4) is 5.75 Å². The number of alkyl halides is 6. The number of hydrogen-bond acceptors (Lipinski definition) is 6. The maximum atomic E-state index is 14.8. The molecule has 60 heavy (non-hydrogen) atoms. The SMILES string of the molecule is CC(C)(CC(C)(CC(C)(C)C(=O)Oc1ccc2cc3ccccc3cc2c1)C(=O)OC1CC2CC1C1C3CC(C4C5CCC(C5)C34)C21)C(=O)OCC(C(F)(F)F)C(F)(F)F. The normalized spacial score (nSPS) is 32.7. The first-order valence-corrected chi connectivity index (χ1v) is 21.7. The Balaban J connectivity index is 0.948. The van der Waals surface area contributed by atoms with Gasteiger partial charge in [0.1, 0.15) is 18.5 Å². The van der Waals surface area contributed by atoms with E-state index in [4.69, 9.17) is 14.2 Å². The number of ether oxygens (including phenoxy) is 3. The van der Waals surface area contributed by atoms with Gasteiger partial charge in [-0.3, -0.25) is 14.4 Å². The number of carbonyl (C=O) groups excluding carboxylic acids is 3. The first-order chi connectivity index (χ1) is 28.0. The molecule has 324 valence electrons. The fraction of sp³-hybridized carbons (Fsp3) is 0.646. The summed E-state index contributed by atoms with van der Waals surface area (Å²) in [5.74, 6) is 0.317. The number of halogens is 6. The van der Waals surface area contributed by atoms with Gasteiger partial charge in [-0.2, -0.15) is 26.3 Å². The molecule has 9 rings (SSSR count). The lowest BCUT2D eigenvalue weighted by Crippen LogP contribution is -2.48. The summed E-state index contributed by atoms with van der Waals surface area (Å²) in [4.78, 5) is 42.3. The molecule has 12 atom stereocenters. The quantitative estimate of drug-likeness (QED) is 0.0629. The van der Waals surface area contributed by atoms with Crippen LogP contribution in [0.15, 0.2) is 54.6 Å². The lowest BCUT2D eigenvalue weighted by atomic mass is 9.59. The van der Waals surface area contributed by atoms with Crippen LogP contribution in [-0.2, 0) is 23.9 Å². The van der Waals surface area contributed by atoms with E-state index in [9.17, 15) is 40.7 Å². The van der Waals surface area contributed by atoms with Crippen molar-refractivity contribution in [2.75, 3.05) is 6.61 Å². The summed E-state index contributed by atoms with van der Waals surface area (Å²) in [5.41, 5.74) is -4.73. The number of hydrogen-bond donors (Lipinski definition) is 0. The zero-order valence-corrected chi connectivity index (χ0v) is 34.7. The van der Waals surface area contributed by atoms with Gasteiger partial charge in [0.05, 0.1) is 16.2 Å². The molecule has 0 spiro atoms. The van der Waals surface area contributed by atoms with E-state index in [-0.39, 0.29) is 30.6 Å². The molecule has 6 fully saturated rings. The van der Waals surface area contributed by atoms with Crippen molar-refractivity contribution < 1.29 is 54.9 Å². The first kappa shape index (κ1) is 41.5. The molecule has 0 amide bonds. The molecule has 12 heteroatoms. The lowest BCUT2D eigenvalue weighted by Gasteiger charge is -2.47. The fourth-order valence-corrected chi connectivity index (χ4v) is 14.4.